The SMILES string of the molecule is COC(=O)C(NC(=O)C(N)C(C)C)C(C)c1ccc(O)cc1. The number of ether oxygens (including phenoxy) is 1. The van der Waals surface area contributed by atoms with Crippen molar-refractivity contribution in [3.63, 3.8) is 0 Å². The normalized spacial score (nSPS) is 15.0. The third-order valence-electron chi connectivity index (χ3n) is 3.69. The number of benzene rings is 1. The number of amides is 1. The summed E-state index contributed by atoms with van der Waals surface area (Å²) in [4.78, 5) is 24.1. The van der Waals surface area contributed by atoms with Gasteiger partial charge in [0.1, 0.15) is 11.8 Å². The minimum Gasteiger partial charge on any atom is -0.508 e. The van der Waals surface area contributed by atoms with Crippen LogP contribution >= 0.6 is 0 Å². The number of carbonyl (C=O) groups is 2. The molecule has 0 radical (unpaired) electrons. The number of carbonyl (C=O) groups excluding carboxylic acids is 2. The predicted molar refractivity (Wildman–Crippen MR) is 83.3 cm³/mol. The van der Waals surface area contributed by atoms with E-state index < -0.39 is 24.0 Å². The first-order chi connectivity index (χ1) is 10.3. The third kappa shape index (κ3) is 4.46. The van der Waals surface area contributed by atoms with E-state index in [9.17, 15) is 14.7 Å². The molecule has 22 heavy (non-hydrogen) atoms. The lowest BCUT2D eigenvalue weighted by molar-refractivity contribution is -0.146. The fraction of sp³-hybridized carbons (Fsp3) is 0.500. The molecule has 0 spiro atoms. The highest BCUT2D eigenvalue weighted by molar-refractivity contribution is 5.88. The zero-order chi connectivity index (χ0) is 16.9. The Morgan fingerprint density at radius 3 is 2.18 bits per heavy atom. The van der Waals surface area contributed by atoms with Crippen LogP contribution in [0.4, 0.5) is 0 Å². The maximum Gasteiger partial charge on any atom is 0.328 e. The topological polar surface area (TPSA) is 102 Å². The second-order valence-electron chi connectivity index (χ2n) is 5.66. The lowest BCUT2D eigenvalue weighted by Crippen LogP contribution is -2.52. The van der Waals surface area contributed by atoms with Crippen molar-refractivity contribution in [2.45, 2.75) is 38.8 Å². The first kappa shape index (κ1) is 18.0. The Kier molecular flexibility index (Phi) is 6.37. The number of esters is 1. The van der Waals surface area contributed by atoms with E-state index >= 15 is 0 Å². The summed E-state index contributed by atoms with van der Waals surface area (Å²) in [5, 5.41) is 12.0. The summed E-state index contributed by atoms with van der Waals surface area (Å²) in [7, 11) is 1.27. The molecule has 0 heterocycles. The van der Waals surface area contributed by atoms with Crippen LogP contribution in [0.2, 0.25) is 0 Å². The fourth-order valence-corrected chi connectivity index (χ4v) is 2.04. The summed E-state index contributed by atoms with van der Waals surface area (Å²) >= 11 is 0. The first-order valence-corrected chi connectivity index (χ1v) is 7.20. The van der Waals surface area contributed by atoms with Crippen LogP contribution in [0.25, 0.3) is 0 Å². The molecule has 3 unspecified atom stereocenters. The van der Waals surface area contributed by atoms with Crippen molar-refractivity contribution in [2.75, 3.05) is 7.11 Å². The van der Waals surface area contributed by atoms with Gasteiger partial charge in [0.25, 0.3) is 0 Å². The lowest BCUT2D eigenvalue weighted by atomic mass is 9.92. The number of aromatic hydroxyl groups is 1. The fourth-order valence-electron chi connectivity index (χ4n) is 2.04. The standard InChI is InChI=1S/C16H24N2O4/c1-9(2)13(17)15(20)18-14(16(21)22-4)10(3)11-5-7-12(19)8-6-11/h5-10,13-14,19H,17H2,1-4H3,(H,18,20). The summed E-state index contributed by atoms with van der Waals surface area (Å²) < 4.78 is 4.78. The highest BCUT2D eigenvalue weighted by Gasteiger charge is 2.31. The minimum absolute atomic E-state index is 0.0396. The van der Waals surface area contributed by atoms with Gasteiger partial charge in [-0.2, -0.15) is 0 Å². The minimum atomic E-state index is -0.841. The summed E-state index contributed by atoms with van der Waals surface area (Å²) in [5.41, 5.74) is 6.61. The maximum absolute atomic E-state index is 12.1. The molecule has 0 saturated heterocycles. The highest BCUT2D eigenvalue weighted by atomic mass is 16.5. The molecule has 0 aliphatic heterocycles. The van der Waals surface area contributed by atoms with Crippen molar-refractivity contribution in [1.29, 1.82) is 0 Å². The number of hydrogen-bond donors (Lipinski definition) is 3. The quantitative estimate of drug-likeness (QED) is 0.684. The van der Waals surface area contributed by atoms with Gasteiger partial charge < -0.3 is 20.9 Å². The molecular formula is C16H24N2O4. The summed E-state index contributed by atoms with van der Waals surface area (Å²) in [5.74, 6) is -1.16. The van der Waals surface area contributed by atoms with Gasteiger partial charge in [0.2, 0.25) is 5.91 Å². The highest BCUT2D eigenvalue weighted by Crippen LogP contribution is 2.22. The molecule has 0 aliphatic rings. The Bertz CT molecular complexity index is 513. The van der Waals surface area contributed by atoms with Crippen molar-refractivity contribution in [3.05, 3.63) is 29.8 Å². The molecule has 6 heteroatoms. The molecule has 3 atom stereocenters. The molecule has 0 aliphatic carbocycles. The van der Waals surface area contributed by atoms with Gasteiger partial charge in [-0.3, -0.25) is 4.79 Å². The number of rotatable bonds is 6. The van der Waals surface area contributed by atoms with Crippen molar-refractivity contribution in [3.8, 4) is 5.75 Å². The molecule has 1 aromatic rings. The van der Waals surface area contributed by atoms with Gasteiger partial charge >= 0.3 is 5.97 Å². The second-order valence-corrected chi connectivity index (χ2v) is 5.66. The van der Waals surface area contributed by atoms with Crippen LogP contribution in [0.15, 0.2) is 24.3 Å². The zero-order valence-electron chi connectivity index (χ0n) is 13.4. The second kappa shape index (κ2) is 7.79. The van der Waals surface area contributed by atoms with Gasteiger partial charge in [-0.1, -0.05) is 32.9 Å². The van der Waals surface area contributed by atoms with E-state index in [4.69, 9.17) is 10.5 Å². The van der Waals surface area contributed by atoms with Gasteiger partial charge in [-0.05, 0) is 23.6 Å². The van der Waals surface area contributed by atoms with Crippen LogP contribution in [0.1, 0.15) is 32.3 Å². The molecule has 0 aromatic heterocycles. The molecule has 6 nitrogen and oxygen atoms in total. The predicted octanol–water partition coefficient (Wildman–Crippen LogP) is 1.14. The van der Waals surface area contributed by atoms with Gasteiger partial charge in [0.15, 0.2) is 0 Å². The summed E-state index contributed by atoms with van der Waals surface area (Å²) in [6.07, 6.45) is 0. The number of phenols is 1. The lowest BCUT2D eigenvalue weighted by Gasteiger charge is -2.25. The first-order valence-electron chi connectivity index (χ1n) is 7.20. The van der Waals surface area contributed by atoms with Gasteiger partial charge in [-0.15, -0.1) is 0 Å². The number of nitrogens with two attached hydrogens (primary N) is 1. The monoisotopic (exact) mass is 308 g/mol. The molecule has 1 amide bonds. The van der Waals surface area contributed by atoms with Crippen molar-refractivity contribution in [2.24, 2.45) is 11.7 Å². The van der Waals surface area contributed by atoms with E-state index in [1.54, 1.807) is 19.1 Å². The van der Waals surface area contributed by atoms with Gasteiger partial charge in [0.05, 0.1) is 13.2 Å². The van der Waals surface area contributed by atoms with Crippen LogP contribution in [-0.4, -0.2) is 36.2 Å². The zero-order valence-corrected chi connectivity index (χ0v) is 13.4. The Balaban J connectivity index is 2.95. The van der Waals surface area contributed by atoms with E-state index in [1.807, 2.05) is 13.8 Å². The van der Waals surface area contributed by atoms with Crippen LogP contribution in [0.3, 0.4) is 0 Å². The summed E-state index contributed by atoms with van der Waals surface area (Å²) in [6.45, 7) is 5.47. The van der Waals surface area contributed by atoms with Gasteiger partial charge in [-0.25, -0.2) is 4.79 Å². The van der Waals surface area contributed by atoms with E-state index in [-0.39, 0.29) is 17.6 Å². The molecule has 4 N–H and O–H groups in total. The summed E-state index contributed by atoms with van der Waals surface area (Å²) in [6, 6.07) is 4.92. The van der Waals surface area contributed by atoms with E-state index in [0.29, 0.717) is 0 Å². The van der Waals surface area contributed by atoms with E-state index in [2.05, 4.69) is 5.32 Å². The van der Waals surface area contributed by atoms with Crippen LogP contribution in [0.5, 0.6) is 5.75 Å². The van der Waals surface area contributed by atoms with Crippen molar-refractivity contribution in [1.82, 2.24) is 5.32 Å². The average Bonchev–Trinajstić information content (AvgIpc) is 2.50. The van der Waals surface area contributed by atoms with Crippen molar-refractivity contribution >= 4 is 11.9 Å². The maximum atomic E-state index is 12.1. The molecule has 0 saturated carbocycles. The van der Waals surface area contributed by atoms with Crippen molar-refractivity contribution < 1.29 is 19.4 Å². The van der Waals surface area contributed by atoms with Crippen LogP contribution in [0, 0.1) is 5.92 Å². The Morgan fingerprint density at radius 2 is 1.73 bits per heavy atom. The molecule has 0 fully saturated rings. The van der Waals surface area contributed by atoms with E-state index in [1.165, 1.54) is 19.2 Å². The number of phenolic OH excluding ortho intramolecular Hbond substituents is 1. The van der Waals surface area contributed by atoms with E-state index in [0.717, 1.165) is 5.56 Å². The Labute approximate surface area is 130 Å². The molecule has 122 valence electrons. The Morgan fingerprint density at radius 1 is 1.18 bits per heavy atom. The number of nitrogens with one attached hydrogen (secondary N) is 1. The smallest absolute Gasteiger partial charge is 0.328 e. The van der Waals surface area contributed by atoms with Crippen LogP contribution < -0.4 is 11.1 Å². The Hall–Kier alpha value is -2.08. The molecular weight excluding hydrogens is 284 g/mol. The third-order valence-corrected chi connectivity index (χ3v) is 3.69. The van der Waals surface area contributed by atoms with Crippen LogP contribution in [-0.2, 0) is 14.3 Å². The molecule has 1 rings (SSSR count). The van der Waals surface area contributed by atoms with Gasteiger partial charge in [0, 0.05) is 5.92 Å². The molecule has 1 aromatic carbocycles. The largest absolute Gasteiger partial charge is 0.508 e. The number of methoxy groups -OCH3 is 1. The molecule has 0 bridgehead atoms. The average molecular weight is 308 g/mol. The number of hydrogen-bond acceptors (Lipinski definition) is 5.